The van der Waals surface area contributed by atoms with E-state index < -0.39 is 0 Å². The summed E-state index contributed by atoms with van der Waals surface area (Å²) in [5, 5.41) is 0. The Kier molecular flexibility index (Phi) is 5.38. The molecule has 25 heavy (non-hydrogen) atoms. The summed E-state index contributed by atoms with van der Waals surface area (Å²) in [6.45, 7) is 10.0. The Balaban J connectivity index is 1.72. The highest BCUT2D eigenvalue weighted by molar-refractivity contribution is 5.89. The number of benzene rings is 1. The van der Waals surface area contributed by atoms with Gasteiger partial charge in [-0.3, -0.25) is 4.90 Å². The zero-order chi connectivity index (χ0) is 18.1. The number of nitrogens with two attached hydrogens (primary N) is 1. The van der Waals surface area contributed by atoms with Crippen LogP contribution >= 0.6 is 0 Å². The van der Waals surface area contributed by atoms with Crippen molar-refractivity contribution in [1.82, 2.24) is 4.90 Å². The summed E-state index contributed by atoms with van der Waals surface area (Å²) < 4.78 is 6.04. The first kappa shape index (κ1) is 18.2. The van der Waals surface area contributed by atoms with Crippen LogP contribution in [0.5, 0.6) is 0 Å². The highest BCUT2D eigenvalue weighted by Gasteiger charge is 2.50. The molecule has 0 spiro atoms. The number of anilines is 1. The SMILES string of the molecule is CC(C)N(CC1C2CCC(C2)C1OC(=O)c1ccc(N)cc1)C(C)C. The van der Waals surface area contributed by atoms with Gasteiger partial charge in [-0.25, -0.2) is 4.79 Å². The van der Waals surface area contributed by atoms with E-state index in [4.69, 9.17) is 10.5 Å². The van der Waals surface area contributed by atoms with Crippen LogP contribution in [0.2, 0.25) is 0 Å². The molecule has 2 saturated carbocycles. The number of carbonyl (C=O) groups is 1. The largest absolute Gasteiger partial charge is 0.458 e. The minimum absolute atomic E-state index is 0.0591. The van der Waals surface area contributed by atoms with Crippen molar-refractivity contribution >= 4 is 11.7 Å². The lowest BCUT2D eigenvalue weighted by molar-refractivity contribution is -0.0161. The van der Waals surface area contributed by atoms with Crippen LogP contribution in [0.1, 0.15) is 57.3 Å². The zero-order valence-corrected chi connectivity index (χ0v) is 15.9. The fraction of sp³-hybridized carbons (Fsp3) is 0.667. The van der Waals surface area contributed by atoms with E-state index in [0.29, 0.717) is 41.1 Å². The van der Waals surface area contributed by atoms with E-state index in [0.717, 1.165) is 6.54 Å². The van der Waals surface area contributed by atoms with Gasteiger partial charge in [0.1, 0.15) is 6.10 Å². The standard InChI is InChI=1S/C21H32N2O2/c1-13(2)23(14(3)4)12-19-16-5-6-17(11-16)20(19)25-21(24)15-7-9-18(22)10-8-15/h7-10,13-14,16-17,19-20H,5-6,11-12,22H2,1-4H3. The van der Waals surface area contributed by atoms with Gasteiger partial charge in [0.2, 0.25) is 0 Å². The van der Waals surface area contributed by atoms with Crippen LogP contribution in [0, 0.1) is 17.8 Å². The Morgan fingerprint density at radius 1 is 1.12 bits per heavy atom. The molecular weight excluding hydrogens is 312 g/mol. The number of nitrogen functional groups attached to an aromatic ring is 1. The van der Waals surface area contributed by atoms with Crippen LogP contribution < -0.4 is 5.73 Å². The number of carbonyl (C=O) groups excluding carboxylic acids is 1. The number of rotatable bonds is 6. The Hall–Kier alpha value is -1.55. The molecule has 4 nitrogen and oxygen atoms in total. The predicted molar refractivity (Wildman–Crippen MR) is 101 cm³/mol. The van der Waals surface area contributed by atoms with E-state index in [2.05, 4.69) is 32.6 Å². The first-order valence-electron chi connectivity index (χ1n) is 9.69. The number of esters is 1. The zero-order valence-electron chi connectivity index (χ0n) is 15.9. The molecule has 2 aliphatic rings. The smallest absolute Gasteiger partial charge is 0.338 e. The highest BCUT2D eigenvalue weighted by Crippen LogP contribution is 2.50. The molecule has 0 aliphatic heterocycles. The third-order valence-electron chi connectivity index (χ3n) is 6.14. The van der Waals surface area contributed by atoms with E-state index in [-0.39, 0.29) is 12.1 Å². The summed E-state index contributed by atoms with van der Waals surface area (Å²) in [5.41, 5.74) is 6.98. The molecule has 2 N–H and O–H groups in total. The number of fused-ring (bicyclic) bond motifs is 2. The Bertz CT molecular complexity index is 588. The molecule has 4 heteroatoms. The topological polar surface area (TPSA) is 55.6 Å². The van der Waals surface area contributed by atoms with Gasteiger partial charge in [-0.2, -0.15) is 0 Å². The normalized spacial score (nSPS) is 28.3. The van der Waals surface area contributed by atoms with E-state index in [1.807, 2.05) is 0 Å². The average molecular weight is 344 g/mol. The minimum Gasteiger partial charge on any atom is -0.458 e. The lowest BCUT2D eigenvalue weighted by Crippen LogP contribution is -2.45. The predicted octanol–water partition coefficient (Wildman–Crippen LogP) is 3.96. The van der Waals surface area contributed by atoms with Gasteiger partial charge in [0.15, 0.2) is 0 Å². The maximum Gasteiger partial charge on any atom is 0.338 e. The molecule has 2 fully saturated rings. The molecule has 0 saturated heterocycles. The summed E-state index contributed by atoms with van der Waals surface area (Å²) >= 11 is 0. The molecule has 138 valence electrons. The van der Waals surface area contributed by atoms with Crippen molar-refractivity contribution in [2.75, 3.05) is 12.3 Å². The van der Waals surface area contributed by atoms with Crippen molar-refractivity contribution in [2.24, 2.45) is 17.8 Å². The molecule has 4 atom stereocenters. The van der Waals surface area contributed by atoms with Crippen molar-refractivity contribution in [3.05, 3.63) is 29.8 Å². The first-order chi connectivity index (χ1) is 11.9. The van der Waals surface area contributed by atoms with Crippen molar-refractivity contribution in [3.8, 4) is 0 Å². The average Bonchev–Trinajstić information content (AvgIpc) is 3.14. The molecule has 2 bridgehead atoms. The summed E-state index contributed by atoms with van der Waals surface area (Å²) in [6, 6.07) is 8.05. The van der Waals surface area contributed by atoms with Crippen molar-refractivity contribution < 1.29 is 9.53 Å². The van der Waals surface area contributed by atoms with E-state index >= 15 is 0 Å². The van der Waals surface area contributed by atoms with Crippen molar-refractivity contribution in [3.63, 3.8) is 0 Å². The maximum absolute atomic E-state index is 12.6. The fourth-order valence-corrected chi connectivity index (χ4v) is 4.87. The van der Waals surface area contributed by atoms with Crippen LogP contribution in [0.3, 0.4) is 0 Å². The van der Waals surface area contributed by atoms with Crippen molar-refractivity contribution in [2.45, 2.75) is 65.1 Å². The maximum atomic E-state index is 12.6. The number of hydrogen-bond acceptors (Lipinski definition) is 4. The van der Waals surface area contributed by atoms with Crippen molar-refractivity contribution in [1.29, 1.82) is 0 Å². The quantitative estimate of drug-likeness (QED) is 0.627. The Morgan fingerprint density at radius 3 is 2.32 bits per heavy atom. The van der Waals surface area contributed by atoms with Gasteiger partial charge in [0.05, 0.1) is 5.56 Å². The summed E-state index contributed by atoms with van der Waals surface area (Å²) in [4.78, 5) is 15.1. The third-order valence-corrected chi connectivity index (χ3v) is 6.14. The summed E-state index contributed by atoms with van der Waals surface area (Å²) in [7, 11) is 0. The number of nitrogens with zero attached hydrogens (tertiary/aromatic N) is 1. The van der Waals surface area contributed by atoms with Gasteiger partial charge in [0, 0.05) is 30.2 Å². The molecular formula is C21H32N2O2. The molecule has 2 aliphatic carbocycles. The third kappa shape index (κ3) is 3.84. The second kappa shape index (κ2) is 7.36. The molecule has 1 aromatic carbocycles. The lowest BCUT2D eigenvalue weighted by Gasteiger charge is -2.38. The molecule has 0 radical (unpaired) electrons. The van der Waals surface area contributed by atoms with E-state index in [1.54, 1.807) is 24.3 Å². The molecule has 3 rings (SSSR count). The minimum atomic E-state index is -0.205. The Morgan fingerprint density at radius 2 is 1.72 bits per heavy atom. The van der Waals surface area contributed by atoms with Gasteiger partial charge in [0.25, 0.3) is 0 Å². The second-order valence-electron chi connectivity index (χ2n) is 8.37. The molecule has 0 aromatic heterocycles. The highest BCUT2D eigenvalue weighted by atomic mass is 16.5. The van der Waals surface area contributed by atoms with Crippen LogP contribution in [-0.2, 0) is 4.74 Å². The van der Waals surface area contributed by atoms with E-state index in [9.17, 15) is 4.79 Å². The molecule has 0 heterocycles. The fourth-order valence-electron chi connectivity index (χ4n) is 4.87. The van der Waals surface area contributed by atoms with Gasteiger partial charge in [-0.1, -0.05) is 0 Å². The summed E-state index contributed by atoms with van der Waals surface area (Å²) in [5.74, 6) is 1.49. The van der Waals surface area contributed by atoms with E-state index in [1.165, 1.54) is 19.3 Å². The monoisotopic (exact) mass is 344 g/mol. The second-order valence-corrected chi connectivity index (χ2v) is 8.37. The van der Waals surface area contributed by atoms with Gasteiger partial charge >= 0.3 is 5.97 Å². The lowest BCUT2D eigenvalue weighted by atomic mass is 9.85. The van der Waals surface area contributed by atoms with Gasteiger partial charge in [-0.15, -0.1) is 0 Å². The van der Waals surface area contributed by atoms with Crippen LogP contribution in [0.15, 0.2) is 24.3 Å². The van der Waals surface area contributed by atoms with Crippen LogP contribution in [-0.4, -0.2) is 35.6 Å². The van der Waals surface area contributed by atoms with Gasteiger partial charge in [-0.05, 0) is 83.1 Å². The van der Waals surface area contributed by atoms with Crippen LogP contribution in [0.25, 0.3) is 0 Å². The number of hydrogen-bond donors (Lipinski definition) is 1. The summed E-state index contributed by atoms with van der Waals surface area (Å²) in [6.07, 6.45) is 3.76. The molecule has 1 aromatic rings. The Labute approximate surface area is 151 Å². The molecule has 4 unspecified atom stereocenters. The number of ether oxygens (including phenoxy) is 1. The van der Waals surface area contributed by atoms with Gasteiger partial charge < -0.3 is 10.5 Å². The molecule has 0 amide bonds. The first-order valence-corrected chi connectivity index (χ1v) is 9.69. The van der Waals surface area contributed by atoms with Crippen LogP contribution in [0.4, 0.5) is 5.69 Å².